The average Bonchev–Trinajstić information content (AvgIpc) is 2.83. The van der Waals surface area contributed by atoms with Crippen molar-refractivity contribution in [2.24, 2.45) is 0 Å². The normalized spacial score (nSPS) is 19.2. The van der Waals surface area contributed by atoms with Crippen molar-refractivity contribution in [1.82, 2.24) is 10.3 Å². The Morgan fingerprint density at radius 2 is 2.11 bits per heavy atom. The predicted octanol–water partition coefficient (Wildman–Crippen LogP) is 4.07. The first-order chi connectivity index (χ1) is 9.25. The zero-order chi connectivity index (χ0) is 13.2. The molecule has 0 spiro atoms. The lowest BCUT2D eigenvalue weighted by Gasteiger charge is -2.21. The van der Waals surface area contributed by atoms with E-state index in [9.17, 15) is 0 Å². The molecule has 0 bridgehead atoms. The SMILES string of the molecule is CC(NC1CCc2cccnc21)c1ccccc1Cl. The van der Waals surface area contributed by atoms with Crippen molar-refractivity contribution in [2.45, 2.75) is 31.8 Å². The van der Waals surface area contributed by atoms with E-state index in [2.05, 4.69) is 29.4 Å². The molecule has 1 N–H and O–H groups in total. The molecular formula is C16H17ClN2. The molecule has 98 valence electrons. The summed E-state index contributed by atoms with van der Waals surface area (Å²) < 4.78 is 0. The van der Waals surface area contributed by atoms with Crippen molar-refractivity contribution in [2.75, 3.05) is 0 Å². The van der Waals surface area contributed by atoms with Crippen molar-refractivity contribution < 1.29 is 0 Å². The summed E-state index contributed by atoms with van der Waals surface area (Å²) in [4.78, 5) is 4.51. The largest absolute Gasteiger partial charge is 0.302 e. The van der Waals surface area contributed by atoms with Crippen LogP contribution in [0.5, 0.6) is 0 Å². The van der Waals surface area contributed by atoms with E-state index in [1.54, 1.807) is 0 Å². The summed E-state index contributed by atoms with van der Waals surface area (Å²) in [6, 6.07) is 12.8. The van der Waals surface area contributed by atoms with Gasteiger partial charge in [0.2, 0.25) is 0 Å². The molecule has 0 radical (unpaired) electrons. The number of hydrogen-bond donors (Lipinski definition) is 1. The summed E-state index contributed by atoms with van der Waals surface area (Å²) in [5.41, 5.74) is 3.71. The number of fused-ring (bicyclic) bond motifs is 1. The number of aryl methyl sites for hydroxylation is 1. The van der Waals surface area contributed by atoms with Crippen molar-refractivity contribution in [3.8, 4) is 0 Å². The van der Waals surface area contributed by atoms with Crippen LogP contribution in [-0.4, -0.2) is 4.98 Å². The highest BCUT2D eigenvalue weighted by Gasteiger charge is 2.25. The molecule has 3 heteroatoms. The highest BCUT2D eigenvalue weighted by molar-refractivity contribution is 6.31. The second kappa shape index (κ2) is 5.32. The van der Waals surface area contributed by atoms with Crippen LogP contribution in [0.15, 0.2) is 42.6 Å². The Kier molecular flexibility index (Phi) is 3.54. The van der Waals surface area contributed by atoms with Crippen LogP contribution < -0.4 is 5.32 Å². The molecule has 19 heavy (non-hydrogen) atoms. The molecule has 2 atom stereocenters. The van der Waals surface area contributed by atoms with Gasteiger partial charge >= 0.3 is 0 Å². The van der Waals surface area contributed by atoms with E-state index in [0.717, 1.165) is 23.4 Å². The highest BCUT2D eigenvalue weighted by Crippen LogP contribution is 2.32. The summed E-state index contributed by atoms with van der Waals surface area (Å²) in [6.07, 6.45) is 4.09. The van der Waals surface area contributed by atoms with E-state index in [-0.39, 0.29) is 6.04 Å². The fourth-order valence-electron chi connectivity index (χ4n) is 2.79. The van der Waals surface area contributed by atoms with Gasteiger partial charge in [-0.3, -0.25) is 4.98 Å². The molecule has 0 saturated carbocycles. The molecule has 0 fully saturated rings. The van der Waals surface area contributed by atoms with Gasteiger partial charge in [-0.1, -0.05) is 35.9 Å². The van der Waals surface area contributed by atoms with E-state index >= 15 is 0 Å². The Morgan fingerprint density at radius 1 is 1.26 bits per heavy atom. The average molecular weight is 273 g/mol. The van der Waals surface area contributed by atoms with E-state index in [0.29, 0.717) is 6.04 Å². The lowest BCUT2D eigenvalue weighted by atomic mass is 10.1. The second-order valence-electron chi connectivity index (χ2n) is 5.05. The number of halogens is 1. The smallest absolute Gasteiger partial charge is 0.0605 e. The summed E-state index contributed by atoms with van der Waals surface area (Å²) >= 11 is 6.25. The van der Waals surface area contributed by atoms with Gasteiger partial charge in [0.15, 0.2) is 0 Å². The van der Waals surface area contributed by atoms with Crippen LogP contribution in [0.4, 0.5) is 0 Å². The summed E-state index contributed by atoms with van der Waals surface area (Å²) in [5.74, 6) is 0. The first-order valence-corrected chi connectivity index (χ1v) is 7.08. The zero-order valence-electron chi connectivity index (χ0n) is 10.9. The molecule has 2 unspecified atom stereocenters. The van der Waals surface area contributed by atoms with Gasteiger partial charge in [0.25, 0.3) is 0 Å². The van der Waals surface area contributed by atoms with Crippen LogP contribution in [0.2, 0.25) is 5.02 Å². The van der Waals surface area contributed by atoms with Gasteiger partial charge in [0, 0.05) is 17.3 Å². The van der Waals surface area contributed by atoms with Gasteiger partial charge in [-0.25, -0.2) is 0 Å². The number of hydrogen-bond acceptors (Lipinski definition) is 2. The lowest BCUT2D eigenvalue weighted by Crippen LogP contribution is -2.23. The van der Waals surface area contributed by atoms with E-state index in [1.165, 1.54) is 11.3 Å². The Balaban J connectivity index is 1.78. The van der Waals surface area contributed by atoms with Crippen LogP contribution in [0.3, 0.4) is 0 Å². The Morgan fingerprint density at radius 3 is 2.95 bits per heavy atom. The van der Waals surface area contributed by atoms with Gasteiger partial charge in [-0.15, -0.1) is 0 Å². The Hall–Kier alpha value is -1.38. The van der Waals surface area contributed by atoms with Crippen LogP contribution >= 0.6 is 11.6 Å². The first-order valence-electron chi connectivity index (χ1n) is 6.70. The third kappa shape index (κ3) is 2.51. The number of benzene rings is 1. The molecular weight excluding hydrogens is 256 g/mol. The van der Waals surface area contributed by atoms with Crippen molar-refractivity contribution in [3.63, 3.8) is 0 Å². The number of nitrogens with one attached hydrogen (secondary N) is 1. The quantitative estimate of drug-likeness (QED) is 0.911. The van der Waals surface area contributed by atoms with Crippen LogP contribution in [0.1, 0.15) is 42.2 Å². The minimum absolute atomic E-state index is 0.228. The first kappa shape index (κ1) is 12.6. The number of nitrogens with zero attached hydrogens (tertiary/aromatic N) is 1. The minimum Gasteiger partial charge on any atom is -0.302 e. The topological polar surface area (TPSA) is 24.9 Å². The third-order valence-electron chi connectivity index (χ3n) is 3.78. The molecule has 1 aliphatic carbocycles. The van der Waals surface area contributed by atoms with E-state index in [4.69, 9.17) is 11.6 Å². The van der Waals surface area contributed by atoms with Gasteiger partial charge in [0.1, 0.15) is 0 Å². The molecule has 3 rings (SSSR count). The minimum atomic E-state index is 0.228. The third-order valence-corrected chi connectivity index (χ3v) is 4.13. The molecule has 0 aliphatic heterocycles. The fraction of sp³-hybridized carbons (Fsp3) is 0.312. The highest BCUT2D eigenvalue weighted by atomic mass is 35.5. The number of pyridine rings is 1. The molecule has 1 heterocycles. The predicted molar refractivity (Wildman–Crippen MR) is 78.3 cm³/mol. The summed E-state index contributed by atoms with van der Waals surface area (Å²) in [7, 11) is 0. The van der Waals surface area contributed by atoms with Crippen molar-refractivity contribution in [1.29, 1.82) is 0 Å². The second-order valence-corrected chi connectivity index (χ2v) is 5.46. The maximum Gasteiger partial charge on any atom is 0.0605 e. The molecule has 0 amide bonds. The molecule has 1 aliphatic rings. The van der Waals surface area contributed by atoms with Crippen LogP contribution in [0, 0.1) is 0 Å². The molecule has 0 saturated heterocycles. The summed E-state index contributed by atoms with van der Waals surface area (Å²) in [6.45, 7) is 2.15. The maximum atomic E-state index is 6.25. The van der Waals surface area contributed by atoms with Gasteiger partial charge in [0.05, 0.1) is 11.7 Å². The molecule has 1 aromatic heterocycles. The molecule has 2 aromatic rings. The number of rotatable bonds is 3. The van der Waals surface area contributed by atoms with Crippen molar-refractivity contribution in [3.05, 3.63) is 64.4 Å². The monoisotopic (exact) mass is 272 g/mol. The van der Waals surface area contributed by atoms with Crippen molar-refractivity contribution >= 4 is 11.6 Å². The lowest BCUT2D eigenvalue weighted by molar-refractivity contribution is 0.458. The van der Waals surface area contributed by atoms with Gasteiger partial charge < -0.3 is 5.32 Å². The number of aromatic nitrogens is 1. The Bertz CT molecular complexity index is 582. The van der Waals surface area contributed by atoms with Crippen LogP contribution in [-0.2, 0) is 6.42 Å². The van der Waals surface area contributed by atoms with Gasteiger partial charge in [-0.05, 0) is 43.0 Å². The fourth-order valence-corrected chi connectivity index (χ4v) is 3.09. The van der Waals surface area contributed by atoms with Crippen LogP contribution in [0.25, 0.3) is 0 Å². The standard InChI is InChI=1S/C16H17ClN2/c1-11(13-6-2-3-7-14(13)17)19-15-9-8-12-5-4-10-18-16(12)15/h2-7,10-11,15,19H,8-9H2,1H3. The van der Waals surface area contributed by atoms with Gasteiger partial charge in [-0.2, -0.15) is 0 Å². The molecule has 2 nitrogen and oxygen atoms in total. The Labute approximate surface area is 118 Å². The van der Waals surface area contributed by atoms with E-state index in [1.807, 2.05) is 30.5 Å². The van der Waals surface area contributed by atoms with E-state index < -0.39 is 0 Å². The maximum absolute atomic E-state index is 6.25. The summed E-state index contributed by atoms with van der Waals surface area (Å²) in [5, 5.41) is 4.47. The zero-order valence-corrected chi connectivity index (χ0v) is 11.7. The molecule has 1 aromatic carbocycles.